The number of carbonyl (C=O) groups excluding carboxylic acids is 1. The van der Waals surface area contributed by atoms with Gasteiger partial charge >= 0.3 is 0 Å². The van der Waals surface area contributed by atoms with E-state index in [0.717, 1.165) is 35.2 Å². The summed E-state index contributed by atoms with van der Waals surface area (Å²) in [6.07, 6.45) is 1.82. The van der Waals surface area contributed by atoms with Gasteiger partial charge in [0, 0.05) is 43.3 Å². The number of rotatable bonds is 3. The third-order valence-electron chi connectivity index (χ3n) is 4.64. The average Bonchev–Trinajstić information content (AvgIpc) is 3.23. The van der Waals surface area contributed by atoms with Crippen LogP contribution in [0.4, 0.5) is 5.13 Å². The van der Waals surface area contributed by atoms with Gasteiger partial charge in [-0.2, -0.15) is 0 Å². The van der Waals surface area contributed by atoms with Crippen molar-refractivity contribution in [2.45, 2.75) is 6.92 Å². The molecular formula is C20H20N4OS. The van der Waals surface area contributed by atoms with Crippen molar-refractivity contribution in [1.82, 2.24) is 14.9 Å². The highest BCUT2D eigenvalue weighted by atomic mass is 32.1. The zero-order chi connectivity index (χ0) is 17.9. The Morgan fingerprint density at radius 2 is 1.81 bits per heavy atom. The van der Waals surface area contributed by atoms with Crippen LogP contribution in [-0.2, 0) is 0 Å². The Labute approximate surface area is 156 Å². The van der Waals surface area contributed by atoms with E-state index in [1.165, 1.54) is 0 Å². The fourth-order valence-electron chi connectivity index (χ4n) is 3.20. The number of anilines is 1. The van der Waals surface area contributed by atoms with E-state index >= 15 is 0 Å². The zero-order valence-corrected chi connectivity index (χ0v) is 15.4. The first-order valence-corrected chi connectivity index (χ1v) is 9.57. The summed E-state index contributed by atoms with van der Waals surface area (Å²) in [6, 6.07) is 13.9. The second kappa shape index (κ2) is 7.25. The van der Waals surface area contributed by atoms with E-state index in [2.05, 4.69) is 14.9 Å². The van der Waals surface area contributed by atoms with Crippen LogP contribution in [-0.4, -0.2) is 47.0 Å². The van der Waals surface area contributed by atoms with Gasteiger partial charge in [0.25, 0.3) is 5.91 Å². The van der Waals surface area contributed by atoms with Crippen molar-refractivity contribution in [3.63, 3.8) is 0 Å². The van der Waals surface area contributed by atoms with Crippen molar-refractivity contribution in [2.75, 3.05) is 31.1 Å². The fraction of sp³-hybridized carbons (Fsp3) is 0.250. The van der Waals surface area contributed by atoms with Gasteiger partial charge in [-0.1, -0.05) is 30.3 Å². The highest BCUT2D eigenvalue weighted by Crippen LogP contribution is 2.22. The van der Waals surface area contributed by atoms with Gasteiger partial charge in [0.2, 0.25) is 0 Å². The molecule has 4 rings (SSSR count). The molecule has 0 N–H and O–H groups in total. The Hall–Kier alpha value is -2.73. The molecular weight excluding hydrogens is 344 g/mol. The van der Waals surface area contributed by atoms with Gasteiger partial charge in [0.1, 0.15) is 0 Å². The van der Waals surface area contributed by atoms with E-state index in [-0.39, 0.29) is 5.91 Å². The molecule has 1 saturated heterocycles. The number of benzene rings is 1. The van der Waals surface area contributed by atoms with Crippen LogP contribution in [0.5, 0.6) is 0 Å². The van der Waals surface area contributed by atoms with Gasteiger partial charge in [-0.05, 0) is 19.1 Å². The third-order valence-corrected chi connectivity index (χ3v) is 5.47. The molecule has 3 aromatic rings. The quantitative estimate of drug-likeness (QED) is 0.714. The first-order valence-electron chi connectivity index (χ1n) is 8.69. The molecule has 6 heteroatoms. The van der Waals surface area contributed by atoms with E-state index in [9.17, 15) is 4.79 Å². The molecule has 0 saturated carbocycles. The lowest BCUT2D eigenvalue weighted by Crippen LogP contribution is -2.49. The number of carbonyl (C=O) groups is 1. The van der Waals surface area contributed by atoms with Crippen molar-refractivity contribution in [3.05, 3.63) is 65.3 Å². The van der Waals surface area contributed by atoms with Crippen LogP contribution >= 0.6 is 11.3 Å². The minimum absolute atomic E-state index is 0.0633. The molecule has 1 aromatic carbocycles. The first-order chi connectivity index (χ1) is 12.7. The Balaban J connectivity index is 1.47. The van der Waals surface area contributed by atoms with Gasteiger partial charge < -0.3 is 9.80 Å². The zero-order valence-electron chi connectivity index (χ0n) is 14.6. The number of aromatic nitrogens is 2. The van der Waals surface area contributed by atoms with Gasteiger partial charge in [0.15, 0.2) is 5.13 Å². The van der Waals surface area contributed by atoms with Crippen LogP contribution < -0.4 is 4.90 Å². The SMILES string of the molecule is Cc1nc(-c2ccccc2)ccc1C(=O)N1CCN(c2nccs2)CC1. The Morgan fingerprint density at radius 3 is 2.46 bits per heavy atom. The van der Waals surface area contributed by atoms with Gasteiger partial charge in [-0.15, -0.1) is 11.3 Å². The lowest BCUT2D eigenvalue weighted by molar-refractivity contribution is 0.0745. The van der Waals surface area contributed by atoms with E-state index in [0.29, 0.717) is 18.7 Å². The summed E-state index contributed by atoms with van der Waals surface area (Å²) in [5, 5.41) is 3.01. The summed E-state index contributed by atoms with van der Waals surface area (Å²) in [7, 11) is 0. The smallest absolute Gasteiger partial charge is 0.255 e. The first kappa shape index (κ1) is 16.7. The molecule has 132 valence electrons. The summed E-state index contributed by atoms with van der Waals surface area (Å²) in [5.41, 5.74) is 3.42. The van der Waals surface area contributed by atoms with Crippen molar-refractivity contribution in [3.8, 4) is 11.3 Å². The van der Waals surface area contributed by atoms with Crippen LogP contribution in [0.15, 0.2) is 54.0 Å². The van der Waals surface area contributed by atoms with Crippen LogP contribution in [0, 0.1) is 6.92 Å². The second-order valence-corrected chi connectivity index (χ2v) is 7.16. The average molecular weight is 364 g/mol. The number of nitrogens with zero attached hydrogens (tertiary/aromatic N) is 4. The maximum Gasteiger partial charge on any atom is 0.255 e. The second-order valence-electron chi connectivity index (χ2n) is 6.29. The number of amides is 1. The normalized spacial score (nSPS) is 14.5. The number of hydrogen-bond acceptors (Lipinski definition) is 5. The molecule has 5 nitrogen and oxygen atoms in total. The molecule has 0 unspecified atom stereocenters. The molecule has 1 fully saturated rings. The number of thiazole rings is 1. The van der Waals surface area contributed by atoms with E-state index in [4.69, 9.17) is 0 Å². The minimum Gasteiger partial charge on any atom is -0.345 e. The molecule has 0 bridgehead atoms. The van der Waals surface area contributed by atoms with E-state index in [1.54, 1.807) is 11.3 Å². The van der Waals surface area contributed by atoms with Gasteiger partial charge in [0.05, 0.1) is 17.0 Å². The largest absolute Gasteiger partial charge is 0.345 e. The predicted octanol–water partition coefficient (Wildman–Crippen LogP) is 3.48. The Morgan fingerprint density at radius 1 is 1.04 bits per heavy atom. The van der Waals surface area contributed by atoms with Crippen molar-refractivity contribution >= 4 is 22.4 Å². The van der Waals surface area contributed by atoms with Crippen LogP contribution in [0.25, 0.3) is 11.3 Å². The molecule has 26 heavy (non-hydrogen) atoms. The predicted molar refractivity (Wildman–Crippen MR) is 105 cm³/mol. The summed E-state index contributed by atoms with van der Waals surface area (Å²) in [4.78, 5) is 26.1. The van der Waals surface area contributed by atoms with Gasteiger partial charge in [-0.25, -0.2) is 4.98 Å². The molecule has 1 aliphatic heterocycles. The molecule has 0 atom stereocenters. The number of pyridine rings is 1. The molecule has 0 spiro atoms. The monoisotopic (exact) mass is 364 g/mol. The lowest BCUT2D eigenvalue weighted by Gasteiger charge is -2.34. The number of hydrogen-bond donors (Lipinski definition) is 0. The van der Waals surface area contributed by atoms with Crippen LogP contribution in [0.3, 0.4) is 0 Å². The maximum absolute atomic E-state index is 12.9. The van der Waals surface area contributed by atoms with Crippen molar-refractivity contribution in [2.24, 2.45) is 0 Å². The molecule has 1 amide bonds. The van der Waals surface area contributed by atoms with E-state index < -0.39 is 0 Å². The van der Waals surface area contributed by atoms with Crippen molar-refractivity contribution < 1.29 is 4.79 Å². The number of piperazine rings is 1. The topological polar surface area (TPSA) is 49.3 Å². The van der Waals surface area contributed by atoms with Crippen molar-refractivity contribution in [1.29, 1.82) is 0 Å². The van der Waals surface area contributed by atoms with Gasteiger partial charge in [-0.3, -0.25) is 9.78 Å². The highest BCUT2D eigenvalue weighted by molar-refractivity contribution is 7.13. The molecule has 3 heterocycles. The highest BCUT2D eigenvalue weighted by Gasteiger charge is 2.24. The maximum atomic E-state index is 12.9. The lowest BCUT2D eigenvalue weighted by atomic mass is 10.1. The Kier molecular flexibility index (Phi) is 4.67. The summed E-state index contributed by atoms with van der Waals surface area (Å²) in [6.45, 7) is 4.95. The molecule has 0 aliphatic carbocycles. The minimum atomic E-state index is 0.0633. The van der Waals surface area contributed by atoms with Crippen LogP contribution in [0.2, 0.25) is 0 Å². The Bertz CT molecular complexity index is 887. The summed E-state index contributed by atoms with van der Waals surface area (Å²) in [5.74, 6) is 0.0633. The molecule has 1 aliphatic rings. The molecule has 2 aromatic heterocycles. The third kappa shape index (κ3) is 3.32. The number of aryl methyl sites for hydroxylation is 1. The fourth-order valence-corrected chi connectivity index (χ4v) is 3.90. The van der Waals surface area contributed by atoms with E-state index in [1.807, 2.05) is 65.9 Å². The summed E-state index contributed by atoms with van der Waals surface area (Å²) >= 11 is 1.64. The standard InChI is InChI=1S/C20H20N4OS/c1-15-17(7-8-18(22-15)16-5-3-2-4-6-16)19(25)23-10-12-24(13-11-23)20-21-9-14-26-20/h2-9,14H,10-13H2,1H3. The molecule has 0 radical (unpaired) electrons. The summed E-state index contributed by atoms with van der Waals surface area (Å²) < 4.78 is 0. The van der Waals surface area contributed by atoms with Crippen LogP contribution in [0.1, 0.15) is 16.1 Å².